The van der Waals surface area contributed by atoms with Gasteiger partial charge in [0.25, 0.3) is 0 Å². The third-order valence-electron chi connectivity index (χ3n) is 1.94. The molecule has 0 bridgehead atoms. The molecule has 0 unspecified atom stereocenters. The third-order valence-corrected chi connectivity index (χ3v) is 1.94. The fourth-order valence-corrected chi connectivity index (χ4v) is 1.26. The van der Waals surface area contributed by atoms with Crippen LogP contribution >= 0.6 is 0 Å². The van der Waals surface area contributed by atoms with E-state index in [1.165, 1.54) is 0 Å². The Morgan fingerprint density at radius 2 is 2.00 bits per heavy atom. The van der Waals surface area contributed by atoms with Crippen LogP contribution in [-0.2, 0) is 4.79 Å². The van der Waals surface area contributed by atoms with Gasteiger partial charge >= 0.3 is 0 Å². The number of hydrogen-bond donors (Lipinski definition) is 0. The molecule has 0 saturated heterocycles. The second-order valence-electron chi connectivity index (χ2n) is 2.59. The average Bonchev–Trinajstić information content (AvgIpc) is 2.36. The summed E-state index contributed by atoms with van der Waals surface area (Å²) < 4.78 is 0. The van der Waals surface area contributed by atoms with Gasteiger partial charge in [-0.15, -0.1) is 0 Å². The molecule has 0 aromatic rings. The highest BCUT2D eigenvalue weighted by atomic mass is 16.1. The topological polar surface area (TPSA) is 40.9 Å². The molecule has 1 saturated carbocycles. The van der Waals surface area contributed by atoms with Crippen molar-refractivity contribution in [3.8, 4) is 6.07 Å². The predicted molar refractivity (Wildman–Crippen MR) is 32.6 cm³/mol. The van der Waals surface area contributed by atoms with E-state index in [4.69, 9.17) is 5.26 Å². The lowest BCUT2D eigenvalue weighted by atomic mass is 9.90. The molecule has 0 radical (unpaired) electrons. The molecule has 1 rings (SSSR count). The zero-order valence-electron chi connectivity index (χ0n) is 5.26. The van der Waals surface area contributed by atoms with Gasteiger partial charge in [0.05, 0.1) is 6.07 Å². The maximum Gasteiger partial charge on any atom is 0.140 e. The van der Waals surface area contributed by atoms with Crippen molar-refractivity contribution in [1.29, 1.82) is 5.26 Å². The van der Waals surface area contributed by atoms with E-state index < -0.39 is 5.41 Å². The highest BCUT2D eigenvalue weighted by Gasteiger charge is 2.33. The van der Waals surface area contributed by atoms with E-state index in [9.17, 15) is 4.79 Å². The van der Waals surface area contributed by atoms with Crippen LogP contribution < -0.4 is 0 Å². The van der Waals surface area contributed by atoms with Gasteiger partial charge in [0.2, 0.25) is 0 Å². The second-order valence-corrected chi connectivity index (χ2v) is 2.59. The largest absolute Gasteiger partial charge is 0.302 e. The van der Waals surface area contributed by atoms with E-state index in [0.717, 1.165) is 32.0 Å². The second kappa shape index (κ2) is 2.18. The Morgan fingerprint density at radius 3 is 2.22 bits per heavy atom. The van der Waals surface area contributed by atoms with Crippen LogP contribution in [0.25, 0.3) is 0 Å². The number of nitriles is 1. The lowest BCUT2D eigenvalue weighted by Crippen LogP contribution is -2.14. The Morgan fingerprint density at radius 1 is 1.44 bits per heavy atom. The summed E-state index contributed by atoms with van der Waals surface area (Å²) in [6.45, 7) is 0. The number of nitrogens with zero attached hydrogens (tertiary/aromatic N) is 1. The Kier molecular flexibility index (Phi) is 1.52. The molecule has 0 aromatic heterocycles. The molecule has 0 N–H and O–H groups in total. The minimum atomic E-state index is -0.597. The Labute approximate surface area is 54.5 Å². The van der Waals surface area contributed by atoms with Gasteiger partial charge in [-0.25, -0.2) is 0 Å². The van der Waals surface area contributed by atoms with Crippen LogP contribution in [0.4, 0.5) is 0 Å². The van der Waals surface area contributed by atoms with E-state index in [2.05, 4.69) is 6.07 Å². The lowest BCUT2D eigenvalue weighted by molar-refractivity contribution is -0.113. The minimum Gasteiger partial charge on any atom is -0.302 e. The van der Waals surface area contributed by atoms with Gasteiger partial charge in [-0.2, -0.15) is 5.26 Å². The van der Waals surface area contributed by atoms with Crippen molar-refractivity contribution in [1.82, 2.24) is 0 Å². The predicted octanol–water partition coefficient (Wildman–Crippen LogP) is 1.27. The summed E-state index contributed by atoms with van der Waals surface area (Å²) >= 11 is 0. The fourth-order valence-electron chi connectivity index (χ4n) is 1.26. The summed E-state index contributed by atoms with van der Waals surface area (Å²) in [5, 5.41) is 8.54. The molecule has 48 valence electrons. The summed E-state index contributed by atoms with van der Waals surface area (Å²) in [5.41, 5.74) is -0.597. The molecule has 1 aliphatic rings. The molecule has 2 heteroatoms. The van der Waals surface area contributed by atoms with Gasteiger partial charge in [-0.05, 0) is 12.8 Å². The smallest absolute Gasteiger partial charge is 0.140 e. The third kappa shape index (κ3) is 0.951. The van der Waals surface area contributed by atoms with Crippen LogP contribution in [0.5, 0.6) is 0 Å². The number of aldehydes is 1. The Bertz CT molecular complexity index is 151. The lowest BCUT2D eigenvalue weighted by Gasteiger charge is -2.07. The van der Waals surface area contributed by atoms with E-state index in [-0.39, 0.29) is 0 Å². The monoisotopic (exact) mass is 123 g/mol. The standard InChI is InChI=1S/C7H9NO/c8-5-7(6-9)3-1-2-4-7/h6H,1-4H2. The summed E-state index contributed by atoms with van der Waals surface area (Å²) in [6.07, 6.45) is 4.42. The van der Waals surface area contributed by atoms with Gasteiger partial charge in [0, 0.05) is 0 Å². The molecule has 1 fully saturated rings. The Hall–Kier alpha value is -0.840. The van der Waals surface area contributed by atoms with Gasteiger partial charge in [-0.3, -0.25) is 0 Å². The van der Waals surface area contributed by atoms with Crippen LogP contribution in [0.15, 0.2) is 0 Å². The molecule has 0 aliphatic heterocycles. The van der Waals surface area contributed by atoms with Crippen molar-refractivity contribution in [2.45, 2.75) is 25.7 Å². The SMILES string of the molecule is N#CC1(C=O)CCCC1. The molecular formula is C7H9NO. The molecule has 0 heterocycles. The van der Waals surface area contributed by atoms with E-state index in [1.807, 2.05) is 0 Å². The van der Waals surface area contributed by atoms with Gasteiger partial charge in [0.15, 0.2) is 0 Å². The normalized spacial score (nSPS) is 23.0. The van der Waals surface area contributed by atoms with E-state index in [0.29, 0.717) is 0 Å². The van der Waals surface area contributed by atoms with E-state index in [1.54, 1.807) is 0 Å². The van der Waals surface area contributed by atoms with Crippen molar-refractivity contribution < 1.29 is 4.79 Å². The molecule has 0 spiro atoms. The van der Waals surface area contributed by atoms with Gasteiger partial charge < -0.3 is 4.79 Å². The summed E-state index contributed by atoms with van der Waals surface area (Å²) in [6, 6.07) is 2.06. The first-order valence-corrected chi connectivity index (χ1v) is 3.21. The molecule has 1 aliphatic carbocycles. The van der Waals surface area contributed by atoms with Crippen molar-refractivity contribution >= 4 is 6.29 Å². The first-order chi connectivity index (χ1) is 4.33. The maximum atomic E-state index is 10.3. The van der Waals surface area contributed by atoms with Crippen molar-refractivity contribution in [2.24, 2.45) is 5.41 Å². The van der Waals surface area contributed by atoms with Crippen LogP contribution in [0.1, 0.15) is 25.7 Å². The molecule has 0 aromatic carbocycles. The minimum absolute atomic E-state index is 0.597. The van der Waals surface area contributed by atoms with Gasteiger partial charge in [-0.1, -0.05) is 12.8 Å². The Balaban J connectivity index is 2.70. The zero-order valence-corrected chi connectivity index (χ0v) is 5.26. The summed E-state index contributed by atoms with van der Waals surface area (Å²) in [5.74, 6) is 0. The fraction of sp³-hybridized carbons (Fsp3) is 0.714. The van der Waals surface area contributed by atoms with Gasteiger partial charge in [0.1, 0.15) is 11.7 Å². The van der Waals surface area contributed by atoms with Crippen LogP contribution in [-0.4, -0.2) is 6.29 Å². The molecule has 0 atom stereocenters. The quantitative estimate of drug-likeness (QED) is 0.492. The highest BCUT2D eigenvalue weighted by molar-refractivity contribution is 5.64. The zero-order chi connectivity index (χ0) is 6.74. The molecule has 0 amide bonds. The molecular weight excluding hydrogens is 114 g/mol. The summed E-state index contributed by atoms with van der Waals surface area (Å²) in [7, 11) is 0. The first kappa shape index (κ1) is 6.28. The average molecular weight is 123 g/mol. The number of carbonyl (C=O) groups excluding carboxylic acids is 1. The van der Waals surface area contributed by atoms with Crippen molar-refractivity contribution in [3.05, 3.63) is 0 Å². The number of rotatable bonds is 1. The van der Waals surface area contributed by atoms with E-state index >= 15 is 0 Å². The van der Waals surface area contributed by atoms with Crippen LogP contribution in [0, 0.1) is 16.7 Å². The summed E-state index contributed by atoms with van der Waals surface area (Å²) in [4.78, 5) is 10.3. The maximum absolute atomic E-state index is 10.3. The van der Waals surface area contributed by atoms with Crippen LogP contribution in [0.3, 0.4) is 0 Å². The molecule has 9 heavy (non-hydrogen) atoms. The number of hydrogen-bond acceptors (Lipinski definition) is 2. The van der Waals surface area contributed by atoms with Crippen molar-refractivity contribution in [3.63, 3.8) is 0 Å². The molecule has 2 nitrogen and oxygen atoms in total. The van der Waals surface area contributed by atoms with Crippen LogP contribution in [0.2, 0.25) is 0 Å². The number of carbonyl (C=O) groups is 1. The highest BCUT2D eigenvalue weighted by Crippen LogP contribution is 2.34. The van der Waals surface area contributed by atoms with Crippen molar-refractivity contribution in [2.75, 3.05) is 0 Å². The first-order valence-electron chi connectivity index (χ1n) is 3.21.